The van der Waals surface area contributed by atoms with Gasteiger partial charge in [0.15, 0.2) is 0 Å². The second-order valence-corrected chi connectivity index (χ2v) is 6.39. The van der Waals surface area contributed by atoms with Crippen molar-refractivity contribution >= 4 is 23.2 Å². The molecule has 150 valence electrons. The third-order valence-electron chi connectivity index (χ3n) is 3.71. The van der Waals surface area contributed by atoms with E-state index in [1.54, 1.807) is 31.4 Å². The summed E-state index contributed by atoms with van der Waals surface area (Å²) in [5.74, 6) is 0.323. The molecule has 7 heteroatoms. The lowest BCUT2D eigenvalue weighted by Crippen LogP contribution is -2.27. The van der Waals surface area contributed by atoms with Gasteiger partial charge in [-0.15, -0.1) is 0 Å². The minimum atomic E-state index is -0.198. The first-order chi connectivity index (χ1) is 13.5. The zero-order valence-electron chi connectivity index (χ0n) is 16.5. The Hall–Kier alpha value is -3.06. The van der Waals surface area contributed by atoms with Gasteiger partial charge >= 0.3 is 0 Å². The Morgan fingerprint density at radius 2 is 1.75 bits per heavy atom. The lowest BCUT2D eigenvalue weighted by atomic mass is 10.2. The summed E-state index contributed by atoms with van der Waals surface area (Å²) >= 11 is 0. The highest BCUT2D eigenvalue weighted by atomic mass is 16.5. The highest BCUT2D eigenvalue weighted by molar-refractivity contribution is 5.96. The lowest BCUT2D eigenvalue weighted by Gasteiger charge is -2.15. The van der Waals surface area contributed by atoms with E-state index in [0.29, 0.717) is 30.2 Å². The van der Waals surface area contributed by atoms with Gasteiger partial charge < -0.3 is 25.4 Å². The average molecular weight is 385 g/mol. The van der Waals surface area contributed by atoms with Gasteiger partial charge in [-0.1, -0.05) is 12.1 Å². The number of rotatable bonds is 10. The number of benzene rings is 2. The molecular formula is C21H27N3O4. The summed E-state index contributed by atoms with van der Waals surface area (Å²) in [7, 11) is 1.58. The molecule has 0 aliphatic heterocycles. The van der Waals surface area contributed by atoms with Gasteiger partial charge in [0.05, 0.1) is 24.9 Å². The third kappa shape index (κ3) is 6.92. The molecule has 0 unspecified atom stereocenters. The number of ether oxygens (including phenoxy) is 2. The van der Waals surface area contributed by atoms with Gasteiger partial charge in [-0.3, -0.25) is 9.59 Å². The molecule has 2 aromatic carbocycles. The van der Waals surface area contributed by atoms with E-state index in [9.17, 15) is 9.59 Å². The molecule has 0 heterocycles. The van der Waals surface area contributed by atoms with Crippen molar-refractivity contribution in [2.24, 2.45) is 0 Å². The van der Waals surface area contributed by atoms with Crippen molar-refractivity contribution in [1.29, 1.82) is 0 Å². The summed E-state index contributed by atoms with van der Waals surface area (Å²) in [5, 5.41) is 8.62. The Bertz CT molecular complexity index is 775. The number of carbonyl (C=O) groups excluding carboxylic acids is 2. The second kappa shape index (κ2) is 10.9. The van der Waals surface area contributed by atoms with Crippen molar-refractivity contribution < 1.29 is 19.1 Å². The Balaban J connectivity index is 1.86. The molecule has 0 spiro atoms. The minimum absolute atomic E-state index is 0.0435. The predicted octanol–water partition coefficient (Wildman–Crippen LogP) is 2.90. The largest absolute Gasteiger partial charge is 0.489 e. The maximum atomic E-state index is 12.2. The van der Waals surface area contributed by atoms with Gasteiger partial charge in [-0.05, 0) is 50.2 Å². The summed E-state index contributed by atoms with van der Waals surface area (Å²) in [6, 6.07) is 14.2. The quantitative estimate of drug-likeness (QED) is 0.547. The number of amides is 2. The molecule has 0 fully saturated rings. The van der Waals surface area contributed by atoms with E-state index in [1.165, 1.54) is 0 Å². The van der Waals surface area contributed by atoms with Gasteiger partial charge in [0, 0.05) is 24.9 Å². The number of nitrogens with one attached hydrogen (secondary N) is 3. The summed E-state index contributed by atoms with van der Waals surface area (Å²) in [5.41, 5.74) is 1.90. The van der Waals surface area contributed by atoms with Gasteiger partial charge in [0.1, 0.15) is 5.75 Å². The average Bonchev–Trinajstić information content (AvgIpc) is 2.67. The van der Waals surface area contributed by atoms with Crippen LogP contribution in [0.1, 0.15) is 24.2 Å². The molecule has 0 saturated heterocycles. The fraction of sp³-hybridized carbons (Fsp3) is 0.333. The van der Waals surface area contributed by atoms with Crippen molar-refractivity contribution in [3.63, 3.8) is 0 Å². The Kier molecular flexibility index (Phi) is 8.30. The maximum absolute atomic E-state index is 12.2. The number of hydrogen-bond acceptors (Lipinski definition) is 5. The van der Waals surface area contributed by atoms with Gasteiger partial charge in [-0.2, -0.15) is 0 Å². The van der Waals surface area contributed by atoms with E-state index in [-0.39, 0.29) is 24.5 Å². The standard InChI is InChI=1S/C21H27N3O4/c1-15(2)28-19-7-5-4-6-18(19)23-14-20(25)24-17-10-8-16(9-11-17)21(26)22-12-13-27-3/h4-11,15,23H,12-14H2,1-3H3,(H,22,26)(H,24,25). The summed E-state index contributed by atoms with van der Waals surface area (Å²) in [6.45, 7) is 4.90. The van der Waals surface area contributed by atoms with Crippen LogP contribution in [-0.4, -0.2) is 44.7 Å². The first-order valence-corrected chi connectivity index (χ1v) is 9.16. The van der Waals surface area contributed by atoms with E-state index in [0.717, 1.165) is 5.69 Å². The maximum Gasteiger partial charge on any atom is 0.251 e. The highest BCUT2D eigenvalue weighted by Gasteiger charge is 2.09. The van der Waals surface area contributed by atoms with Crippen molar-refractivity contribution in [2.45, 2.75) is 20.0 Å². The van der Waals surface area contributed by atoms with Crippen LogP contribution in [0.15, 0.2) is 48.5 Å². The zero-order chi connectivity index (χ0) is 20.4. The molecule has 0 aliphatic carbocycles. The smallest absolute Gasteiger partial charge is 0.251 e. The van der Waals surface area contributed by atoms with Crippen LogP contribution in [0.3, 0.4) is 0 Å². The van der Waals surface area contributed by atoms with Crippen LogP contribution in [0, 0.1) is 0 Å². The number of carbonyl (C=O) groups is 2. The molecule has 0 aromatic heterocycles. The van der Waals surface area contributed by atoms with E-state index in [2.05, 4.69) is 16.0 Å². The molecule has 3 N–H and O–H groups in total. The minimum Gasteiger partial charge on any atom is -0.489 e. The van der Waals surface area contributed by atoms with Gasteiger partial charge in [0.2, 0.25) is 5.91 Å². The zero-order valence-corrected chi connectivity index (χ0v) is 16.5. The van der Waals surface area contributed by atoms with E-state index in [1.807, 2.05) is 38.1 Å². The van der Waals surface area contributed by atoms with Crippen LogP contribution in [0.25, 0.3) is 0 Å². The van der Waals surface area contributed by atoms with Crippen LogP contribution in [-0.2, 0) is 9.53 Å². The van der Waals surface area contributed by atoms with Crippen molar-refractivity contribution in [3.8, 4) is 5.75 Å². The molecule has 0 saturated carbocycles. The summed E-state index contributed by atoms with van der Waals surface area (Å²) in [4.78, 5) is 24.1. The fourth-order valence-electron chi connectivity index (χ4n) is 2.42. The van der Waals surface area contributed by atoms with E-state index < -0.39 is 0 Å². The molecular weight excluding hydrogens is 358 g/mol. The second-order valence-electron chi connectivity index (χ2n) is 6.39. The molecule has 2 rings (SSSR count). The first-order valence-electron chi connectivity index (χ1n) is 9.16. The van der Waals surface area contributed by atoms with E-state index in [4.69, 9.17) is 9.47 Å². The monoisotopic (exact) mass is 385 g/mol. The Morgan fingerprint density at radius 1 is 1.04 bits per heavy atom. The van der Waals surface area contributed by atoms with Crippen LogP contribution >= 0.6 is 0 Å². The number of hydrogen-bond donors (Lipinski definition) is 3. The van der Waals surface area contributed by atoms with Gasteiger partial charge in [-0.25, -0.2) is 0 Å². The SMILES string of the molecule is COCCNC(=O)c1ccc(NC(=O)CNc2ccccc2OC(C)C)cc1. The molecule has 0 aliphatic rings. The van der Waals surface area contributed by atoms with Crippen molar-refractivity contribution in [3.05, 3.63) is 54.1 Å². The lowest BCUT2D eigenvalue weighted by molar-refractivity contribution is -0.114. The first kappa shape index (κ1) is 21.2. The molecule has 0 radical (unpaired) electrons. The number of para-hydroxylation sites is 2. The van der Waals surface area contributed by atoms with E-state index >= 15 is 0 Å². The van der Waals surface area contributed by atoms with Crippen molar-refractivity contribution in [2.75, 3.05) is 37.4 Å². The summed E-state index contributed by atoms with van der Waals surface area (Å²) in [6.07, 6.45) is 0.0435. The van der Waals surface area contributed by atoms with Crippen LogP contribution in [0.4, 0.5) is 11.4 Å². The Labute approximate surface area is 165 Å². The van der Waals surface area contributed by atoms with Gasteiger partial charge in [0.25, 0.3) is 5.91 Å². The highest BCUT2D eigenvalue weighted by Crippen LogP contribution is 2.24. The molecule has 2 aromatic rings. The van der Waals surface area contributed by atoms with Crippen molar-refractivity contribution in [1.82, 2.24) is 5.32 Å². The predicted molar refractivity (Wildman–Crippen MR) is 110 cm³/mol. The molecule has 0 bridgehead atoms. The topological polar surface area (TPSA) is 88.7 Å². The summed E-state index contributed by atoms with van der Waals surface area (Å²) < 4.78 is 10.6. The van der Waals surface area contributed by atoms with Crippen LogP contribution < -0.4 is 20.7 Å². The number of anilines is 2. The third-order valence-corrected chi connectivity index (χ3v) is 3.71. The molecule has 2 amide bonds. The molecule has 28 heavy (non-hydrogen) atoms. The normalized spacial score (nSPS) is 10.4. The Morgan fingerprint density at radius 3 is 2.43 bits per heavy atom. The molecule has 7 nitrogen and oxygen atoms in total. The van der Waals surface area contributed by atoms with Crippen LogP contribution in [0.5, 0.6) is 5.75 Å². The van der Waals surface area contributed by atoms with Crippen LogP contribution in [0.2, 0.25) is 0 Å². The fourth-order valence-corrected chi connectivity index (χ4v) is 2.42. The number of methoxy groups -OCH3 is 1. The molecule has 0 atom stereocenters.